The zero-order valence-corrected chi connectivity index (χ0v) is 15.8. The number of hydrogen-bond donors (Lipinski definition) is 0. The van der Waals surface area contributed by atoms with Crippen LogP contribution in [0.25, 0.3) is 0 Å². The van der Waals surface area contributed by atoms with Crippen molar-refractivity contribution in [3.8, 4) is 0 Å². The van der Waals surface area contributed by atoms with Crippen molar-refractivity contribution in [1.29, 1.82) is 0 Å². The first kappa shape index (κ1) is 17.8. The van der Waals surface area contributed by atoms with Crippen molar-refractivity contribution in [2.75, 3.05) is 0 Å². The summed E-state index contributed by atoms with van der Waals surface area (Å²) in [5, 5.41) is 0. The number of fused-ring (bicyclic) bond motifs is 3. The summed E-state index contributed by atoms with van der Waals surface area (Å²) in [5.74, 6) is -1.03. The summed E-state index contributed by atoms with van der Waals surface area (Å²) in [7, 11) is 0. The molecule has 3 aliphatic rings. The molecule has 2 aromatic rings. The van der Waals surface area contributed by atoms with Gasteiger partial charge in [-0.2, -0.15) is 0 Å². The van der Waals surface area contributed by atoms with E-state index < -0.39 is 22.7 Å². The van der Waals surface area contributed by atoms with Crippen LogP contribution in [-0.2, 0) is 4.79 Å². The van der Waals surface area contributed by atoms with Crippen molar-refractivity contribution in [1.82, 2.24) is 0 Å². The van der Waals surface area contributed by atoms with Gasteiger partial charge in [0.2, 0.25) is 0 Å². The Morgan fingerprint density at radius 2 is 1.26 bits per heavy atom. The quantitative estimate of drug-likeness (QED) is 0.739. The number of hydrogen-bond acceptors (Lipinski definition) is 3. The summed E-state index contributed by atoms with van der Waals surface area (Å²) in [4.78, 5) is 40.0. The van der Waals surface area contributed by atoms with Gasteiger partial charge in [0.15, 0.2) is 11.6 Å². The SMILES string of the molecule is C[C@@]12CC[C@@](C)(C(=O)C1)[C@H](C(=O)c1ccccc1)[C@H]2C(=O)c1ccccc1. The van der Waals surface area contributed by atoms with Gasteiger partial charge in [-0.05, 0) is 18.3 Å². The summed E-state index contributed by atoms with van der Waals surface area (Å²) in [5.41, 5.74) is -0.0202. The summed E-state index contributed by atoms with van der Waals surface area (Å²) >= 11 is 0. The number of ketones is 3. The highest BCUT2D eigenvalue weighted by molar-refractivity contribution is 6.09. The zero-order valence-electron chi connectivity index (χ0n) is 15.8. The minimum atomic E-state index is -0.764. The Balaban J connectivity index is 1.84. The van der Waals surface area contributed by atoms with Crippen LogP contribution in [0.3, 0.4) is 0 Å². The second-order valence-corrected chi connectivity index (χ2v) is 8.59. The lowest BCUT2D eigenvalue weighted by molar-refractivity contribution is -0.151. The smallest absolute Gasteiger partial charge is 0.167 e. The number of carbonyl (C=O) groups is 3. The molecule has 0 saturated heterocycles. The van der Waals surface area contributed by atoms with Crippen molar-refractivity contribution >= 4 is 17.3 Å². The van der Waals surface area contributed by atoms with Crippen LogP contribution in [0.5, 0.6) is 0 Å². The Morgan fingerprint density at radius 3 is 1.74 bits per heavy atom. The van der Waals surface area contributed by atoms with Crippen molar-refractivity contribution in [3.63, 3.8) is 0 Å². The van der Waals surface area contributed by atoms with E-state index in [0.29, 0.717) is 24.0 Å². The van der Waals surface area contributed by atoms with Gasteiger partial charge in [0.05, 0.1) is 0 Å². The second-order valence-electron chi connectivity index (χ2n) is 8.59. The van der Waals surface area contributed by atoms with E-state index in [2.05, 4.69) is 0 Å². The average molecular weight is 360 g/mol. The van der Waals surface area contributed by atoms with Gasteiger partial charge in [-0.25, -0.2) is 0 Å². The van der Waals surface area contributed by atoms with Gasteiger partial charge in [0.1, 0.15) is 5.78 Å². The van der Waals surface area contributed by atoms with Gasteiger partial charge >= 0.3 is 0 Å². The molecule has 5 rings (SSSR count). The largest absolute Gasteiger partial charge is 0.299 e. The molecule has 2 aromatic carbocycles. The molecule has 0 heterocycles. The molecule has 0 amide bonds. The molecule has 0 spiro atoms. The van der Waals surface area contributed by atoms with Crippen LogP contribution in [0.1, 0.15) is 53.8 Å². The van der Waals surface area contributed by atoms with Crippen LogP contribution in [0.2, 0.25) is 0 Å². The molecular formula is C24H24O3. The van der Waals surface area contributed by atoms with Gasteiger partial charge in [0, 0.05) is 34.8 Å². The number of carbonyl (C=O) groups excluding carboxylic acids is 3. The highest BCUT2D eigenvalue weighted by Gasteiger charge is 2.64. The lowest BCUT2D eigenvalue weighted by Crippen LogP contribution is -2.61. The molecule has 3 heteroatoms. The molecule has 2 bridgehead atoms. The topological polar surface area (TPSA) is 51.2 Å². The molecule has 3 fully saturated rings. The minimum absolute atomic E-state index is 0.00851. The lowest BCUT2D eigenvalue weighted by atomic mass is 9.43. The first-order valence-corrected chi connectivity index (χ1v) is 9.59. The van der Waals surface area contributed by atoms with Crippen LogP contribution in [0, 0.1) is 22.7 Å². The molecule has 0 N–H and O–H groups in total. The maximum absolute atomic E-state index is 13.5. The Bertz CT molecular complexity index is 902. The zero-order chi connectivity index (χ0) is 19.2. The molecule has 3 nitrogen and oxygen atoms in total. The Hall–Kier alpha value is -2.55. The Kier molecular flexibility index (Phi) is 4.14. The minimum Gasteiger partial charge on any atom is -0.299 e. The first-order chi connectivity index (χ1) is 12.9. The van der Waals surface area contributed by atoms with E-state index >= 15 is 0 Å². The van der Waals surface area contributed by atoms with E-state index in [1.54, 1.807) is 12.1 Å². The summed E-state index contributed by atoms with van der Waals surface area (Å²) in [6, 6.07) is 18.3. The van der Waals surface area contributed by atoms with E-state index in [0.717, 1.165) is 6.42 Å². The van der Waals surface area contributed by atoms with Crippen LogP contribution in [-0.4, -0.2) is 17.3 Å². The normalized spacial score (nSPS) is 32.3. The molecule has 0 aliphatic heterocycles. The molecule has 0 radical (unpaired) electrons. The van der Waals surface area contributed by atoms with E-state index in [1.165, 1.54) is 0 Å². The molecule has 3 aliphatic carbocycles. The molecule has 0 unspecified atom stereocenters. The monoisotopic (exact) mass is 360 g/mol. The van der Waals surface area contributed by atoms with Gasteiger partial charge in [-0.15, -0.1) is 0 Å². The van der Waals surface area contributed by atoms with E-state index in [1.807, 2.05) is 62.4 Å². The molecule has 27 heavy (non-hydrogen) atoms. The van der Waals surface area contributed by atoms with Crippen LogP contribution in [0.15, 0.2) is 60.7 Å². The van der Waals surface area contributed by atoms with Gasteiger partial charge in [-0.3, -0.25) is 14.4 Å². The highest BCUT2D eigenvalue weighted by atomic mass is 16.1. The summed E-state index contributed by atoms with van der Waals surface area (Å²) in [6.45, 7) is 3.91. The van der Waals surface area contributed by atoms with E-state index in [-0.39, 0.29) is 17.3 Å². The fraction of sp³-hybridized carbons (Fsp3) is 0.375. The summed E-state index contributed by atoms with van der Waals surface area (Å²) < 4.78 is 0. The van der Waals surface area contributed by atoms with E-state index in [9.17, 15) is 14.4 Å². The third-order valence-electron chi connectivity index (χ3n) is 6.87. The molecule has 138 valence electrons. The van der Waals surface area contributed by atoms with Crippen molar-refractivity contribution in [2.45, 2.75) is 33.1 Å². The third kappa shape index (κ3) is 2.68. The van der Waals surface area contributed by atoms with Crippen LogP contribution < -0.4 is 0 Å². The van der Waals surface area contributed by atoms with E-state index in [4.69, 9.17) is 0 Å². The van der Waals surface area contributed by atoms with Gasteiger partial charge < -0.3 is 0 Å². The molecule has 0 aromatic heterocycles. The number of rotatable bonds is 4. The predicted octanol–water partition coefficient (Wildman–Crippen LogP) is 4.76. The molecular weight excluding hydrogens is 336 g/mol. The fourth-order valence-corrected chi connectivity index (χ4v) is 5.18. The summed E-state index contributed by atoms with van der Waals surface area (Å²) in [6.07, 6.45) is 1.85. The third-order valence-corrected chi connectivity index (χ3v) is 6.87. The van der Waals surface area contributed by atoms with Crippen LogP contribution in [0.4, 0.5) is 0 Å². The molecule has 3 saturated carbocycles. The second kappa shape index (κ2) is 6.26. The van der Waals surface area contributed by atoms with Crippen molar-refractivity contribution < 1.29 is 14.4 Å². The number of benzene rings is 2. The lowest BCUT2D eigenvalue weighted by Gasteiger charge is -2.57. The van der Waals surface area contributed by atoms with Gasteiger partial charge in [-0.1, -0.05) is 74.5 Å². The predicted molar refractivity (Wildman–Crippen MR) is 104 cm³/mol. The van der Waals surface area contributed by atoms with Crippen molar-refractivity contribution in [3.05, 3.63) is 71.8 Å². The first-order valence-electron chi connectivity index (χ1n) is 9.59. The fourth-order valence-electron chi connectivity index (χ4n) is 5.18. The Labute approximate surface area is 159 Å². The maximum atomic E-state index is 13.5. The van der Waals surface area contributed by atoms with Gasteiger partial charge in [0.25, 0.3) is 0 Å². The van der Waals surface area contributed by atoms with Crippen LogP contribution >= 0.6 is 0 Å². The molecule has 4 atom stereocenters. The maximum Gasteiger partial charge on any atom is 0.167 e. The Morgan fingerprint density at radius 1 is 0.778 bits per heavy atom. The average Bonchev–Trinajstić information content (AvgIpc) is 2.69. The number of Topliss-reactive ketones (excluding diaryl/α,β-unsaturated/α-hetero) is 3. The highest BCUT2D eigenvalue weighted by Crippen LogP contribution is 2.62. The van der Waals surface area contributed by atoms with Crippen molar-refractivity contribution in [2.24, 2.45) is 22.7 Å². The standard InChI is InChI=1S/C24H24O3/c1-23-13-14-24(2,18(25)15-23)20(22(27)17-11-7-4-8-12-17)19(23)21(26)16-9-5-3-6-10-16/h3-12,19-20H,13-15H2,1-2H3/t19-,20-,23+,24-/m0/s1.